The van der Waals surface area contributed by atoms with Crippen LogP contribution in [0.25, 0.3) is 0 Å². The predicted octanol–water partition coefficient (Wildman–Crippen LogP) is 4.36. The van der Waals surface area contributed by atoms with Crippen molar-refractivity contribution >= 4 is 23.2 Å². The third kappa shape index (κ3) is 5.42. The second kappa shape index (κ2) is 8.69. The Hall–Kier alpha value is -3.90. The molecule has 0 saturated heterocycles. The Morgan fingerprint density at radius 1 is 0.938 bits per heavy atom. The molecule has 0 fully saturated rings. The maximum absolute atomic E-state index is 13.2. The van der Waals surface area contributed by atoms with E-state index in [1.807, 2.05) is 0 Å². The number of amides is 1. The van der Waals surface area contributed by atoms with Crippen molar-refractivity contribution in [1.29, 1.82) is 0 Å². The fourth-order valence-corrected chi connectivity index (χ4v) is 2.67. The van der Waals surface area contributed by atoms with Gasteiger partial charge in [0.05, 0.1) is 22.4 Å². The molecule has 0 bridgehead atoms. The summed E-state index contributed by atoms with van der Waals surface area (Å²) in [5.41, 5.74) is 3.22. The largest absolute Gasteiger partial charge is 0.417 e. The zero-order valence-corrected chi connectivity index (χ0v) is 15.9. The molecule has 1 amide bonds. The summed E-state index contributed by atoms with van der Waals surface area (Å²) in [5, 5.41) is 5.34. The van der Waals surface area contributed by atoms with E-state index in [0.717, 1.165) is 36.8 Å². The molecule has 0 unspecified atom stereocenters. The van der Waals surface area contributed by atoms with Crippen molar-refractivity contribution in [1.82, 2.24) is 15.0 Å². The lowest BCUT2D eigenvalue weighted by atomic mass is 10.1. The van der Waals surface area contributed by atoms with E-state index < -0.39 is 29.4 Å². The van der Waals surface area contributed by atoms with E-state index in [1.165, 1.54) is 6.07 Å². The third-order valence-corrected chi connectivity index (χ3v) is 4.19. The molecule has 0 aliphatic heterocycles. The van der Waals surface area contributed by atoms with Crippen LogP contribution in [0.5, 0.6) is 0 Å². The number of aromatic nitrogens is 3. The topological polar surface area (TPSA) is 106 Å². The quantitative estimate of drug-likeness (QED) is 0.476. The van der Waals surface area contributed by atoms with Crippen molar-refractivity contribution < 1.29 is 31.1 Å². The van der Waals surface area contributed by atoms with Crippen LogP contribution >= 0.6 is 0 Å². The Balaban J connectivity index is 1.84. The Bertz CT molecular complexity index is 1110. The molecule has 3 rings (SSSR count). The molecule has 0 aromatic carbocycles. The van der Waals surface area contributed by atoms with E-state index >= 15 is 0 Å². The van der Waals surface area contributed by atoms with Crippen LogP contribution in [-0.4, -0.2) is 20.9 Å². The number of hydrogen-bond donors (Lipinski definition) is 3. The highest BCUT2D eigenvalue weighted by atomic mass is 19.4. The maximum atomic E-state index is 13.2. The number of carbonyl (C=O) groups excluding carboxylic acids is 1. The average Bonchev–Trinajstić information content (AvgIpc) is 2.71. The monoisotopic (exact) mass is 456 g/mol. The lowest BCUT2D eigenvalue weighted by molar-refractivity contribution is -0.138. The molecule has 3 aromatic rings. The van der Waals surface area contributed by atoms with Gasteiger partial charge in [0.25, 0.3) is 5.91 Å². The maximum Gasteiger partial charge on any atom is 0.417 e. The molecule has 0 spiro atoms. The number of nitrogens with two attached hydrogens (primary N) is 1. The van der Waals surface area contributed by atoms with E-state index in [-0.39, 0.29) is 35.0 Å². The number of carbonyl (C=O) groups is 1. The molecule has 0 atom stereocenters. The SMILES string of the molecule is NC(=O)c1cnc(Nc2ccc(C(F)(F)F)cn2)cc1NCc1cnccc1C(F)(F)F. The first-order chi connectivity index (χ1) is 14.9. The van der Waals surface area contributed by atoms with Crippen molar-refractivity contribution in [3.63, 3.8) is 0 Å². The minimum atomic E-state index is -4.61. The lowest BCUT2D eigenvalue weighted by Crippen LogP contribution is -2.17. The molecule has 0 aliphatic carbocycles. The second-order valence-electron chi connectivity index (χ2n) is 6.42. The first-order valence-electron chi connectivity index (χ1n) is 8.79. The third-order valence-electron chi connectivity index (χ3n) is 4.19. The van der Waals surface area contributed by atoms with Gasteiger partial charge in [-0.05, 0) is 18.2 Å². The van der Waals surface area contributed by atoms with E-state index in [1.54, 1.807) is 0 Å². The zero-order chi connectivity index (χ0) is 23.5. The summed E-state index contributed by atoms with van der Waals surface area (Å²) in [6, 6.07) is 3.98. The summed E-state index contributed by atoms with van der Waals surface area (Å²) in [5.74, 6) is -0.802. The van der Waals surface area contributed by atoms with E-state index in [2.05, 4.69) is 25.6 Å². The van der Waals surface area contributed by atoms with Crippen molar-refractivity contribution in [2.75, 3.05) is 10.6 Å². The molecule has 7 nitrogen and oxygen atoms in total. The normalized spacial score (nSPS) is 11.8. The molecule has 0 saturated carbocycles. The summed E-state index contributed by atoms with van der Waals surface area (Å²) in [4.78, 5) is 22.9. The van der Waals surface area contributed by atoms with E-state index in [0.29, 0.717) is 6.20 Å². The minimum absolute atomic E-state index is 0.0230. The average molecular weight is 456 g/mol. The molecular weight excluding hydrogens is 442 g/mol. The molecule has 3 heterocycles. The summed E-state index contributed by atoms with van der Waals surface area (Å²) in [6.07, 6.45) is -5.42. The summed E-state index contributed by atoms with van der Waals surface area (Å²) in [7, 11) is 0. The molecule has 32 heavy (non-hydrogen) atoms. The molecule has 4 N–H and O–H groups in total. The molecule has 3 aromatic heterocycles. The fraction of sp³-hybridized carbons (Fsp3) is 0.158. The predicted molar refractivity (Wildman–Crippen MR) is 102 cm³/mol. The molecular formula is C19H14F6N6O. The van der Waals surface area contributed by atoms with Gasteiger partial charge >= 0.3 is 12.4 Å². The first-order valence-corrected chi connectivity index (χ1v) is 8.79. The molecule has 168 valence electrons. The fourth-order valence-electron chi connectivity index (χ4n) is 2.67. The van der Waals surface area contributed by atoms with Gasteiger partial charge in [-0.15, -0.1) is 0 Å². The van der Waals surface area contributed by atoms with Crippen LogP contribution < -0.4 is 16.4 Å². The van der Waals surface area contributed by atoms with Crippen LogP contribution in [0.1, 0.15) is 27.0 Å². The summed E-state index contributed by atoms with van der Waals surface area (Å²) < 4.78 is 77.4. The van der Waals surface area contributed by atoms with E-state index in [9.17, 15) is 31.1 Å². The second-order valence-corrected chi connectivity index (χ2v) is 6.42. The van der Waals surface area contributed by atoms with Gasteiger partial charge in [-0.1, -0.05) is 0 Å². The number of halogens is 6. The number of rotatable bonds is 6. The van der Waals surface area contributed by atoms with Gasteiger partial charge in [0, 0.05) is 43.0 Å². The van der Waals surface area contributed by atoms with Gasteiger partial charge in [0.1, 0.15) is 11.6 Å². The number of primary amides is 1. The van der Waals surface area contributed by atoms with Gasteiger partial charge in [0.15, 0.2) is 0 Å². The van der Waals surface area contributed by atoms with Gasteiger partial charge < -0.3 is 16.4 Å². The summed E-state index contributed by atoms with van der Waals surface area (Å²) in [6.45, 7) is -0.342. The van der Waals surface area contributed by atoms with Gasteiger partial charge in [-0.3, -0.25) is 9.78 Å². The van der Waals surface area contributed by atoms with Crippen LogP contribution in [0.15, 0.2) is 49.1 Å². The first kappa shape index (κ1) is 22.8. The number of anilines is 3. The molecule has 0 radical (unpaired) electrons. The molecule has 13 heteroatoms. The smallest absolute Gasteiger partial charge is 0.380 e. The van der Waals surface area contributed by atoms with Crippen LogP contribution in [-0.2, 0) is 18.9 Å². The van der Waals surface area contributed by atoms with Crippen LogP contribution in [0.4, 0.5) is 43.7 Å². The summed E-state index contributed by atoms with van der Waals surface area (Å²) >= 11 is 0. The Morgan fingerprint density at radius 3 is 2.25 bits per heavy atom. The van der Waals surface area contributed by atoms with Crippen LogP contribution in [0, 0.1) is 0 Å². The Kier molecular flexibility index (Phi) is 6.18. The van der Waals surface area contributed by atoms with Crippen molar-refractivity contribution in [2.24, 2.45) is 5.73 Å². The minimum Gasteiger partial charge on any atom is -0.380 e. The lowest BCUT2D eigenvalue weighted by Gasteiger charge is -2.15. The van der Waals surface area contributed by atoms with Crippen molar-refractivity contribution in [2.45, 2.75) is 18.9 Å². The highest BCUT2D eigenvalue weighted by Crippen LogP contribution is 2.32. The number of nitrogens with zero attached hydrogens (tertiary/aromatic N) is 3. The van der Waals surface area contributed by atoms with Crippen molar-refractivity contribution in [3.05, 3.63) is 71.3 Å². The highest BCUT2D eigenvalue weighted by Gasteiger charge is 2.33. The van der Waals surface area contributed by atoms with Crippen LogP contribution in [0.3, 0.4) is 0 Å². The Morgan fingerprint density at radius 2 is 1.66 bits per heavy atom. The number of alkyl halides is 6. The van der Waals surface area contributed by atoms with Crippen molar-refractivity contribution in [3.8, 4) is 0 Å². The Labute approximate surface area is 176 Å². The standard InChI is InChI=1S/C19H14F6N6O/c20-18(21,22)11-1-2-15(29-8-11)31-16-5-14(12(9-30-16)17(26)32)28-7-10-6-27-4-3-13(10)19(23,24)25/h1-6,8-9H,7H2,(H2,26,32)(H2,28,29,30,31). The van der Waals surface area contributed by atoms with E-state index in [4.69, 9.17) is 5.73 Å². The zero-order valence-electron chi connectivity index (χ0n) is 15.9. The van der Waals surface area contributed by atoms with Gasteiger partial charge in [-0.2, -0.15) is 26.3 Å². The number of pyridine rings is 3. The number of hydrogen-bond acceptors (Lipinski definition) is 6. The van der Waals surface area contributed by atoms with Gasteiger partial charge in [0.2, 0.25) is 0 Å². The number of nitrogens with one attached hydrogen (secondary N) is 2. The molecule has 0 aliphatic rings. The highest BCUT2D eigenvalue weighted by molar-refractivity contribution is 5.98. The van der Waals surface area contributed by atoms with Crippen LogP contribution in [0.2, 0.25) is 0 Å². The van der Waals surface area contributed by atoms with Gasteiger partial charge in [-0.25, -0.2) is 9.97 Å².